The zero-order chi connectivity index (χ0) is 14.2. The molecular formula is C14H20ClNO2S. The Bertz CT molecular complexity index is 561. The molecular weight excluding hydrogens is 282 g/mol. The van der Waals surface area contributed by atoms with Crippen LogP contribution in [0.5, 0.6) is 0 Å². The fourth-order valence-electron chi connectivity index (χ4n) is 3.04. The summed E-state index contributed by atoms with van der Waals surface area (Å²) in [6.45, 7) is 4.22. The molecule has 19 heavy (non-hydrogen) atoms. The second-order valence-electron chi connectivity index (χ2n) is 5.77. The third kappa shape index (κ3) is 3.06. The van der Waals surface area contributed by atoms with Crippen LogP contribution in [0.3, 0.4) is 0 Å². The Kier molecular flexibility index (Phi) is 4.11. The van der Waals surface area contributed by atoms with Gasteiger partial charge in [0.05, 0.1) is 15.2 Å². The maximum Gasteiger partial charge on any atom is 0.182 e. The van der Waals surface area contributed by atoms with E-state index in [2.05, 4.69) is 13.8 Å². The third-order valence-electron chi connectivity index (χ3n) is 3.84. The number of sulfone groups is 1. The van der Waals surface area contributed by atoms with Crippen molar-refractivity contribution in [1.29, 1.82) is 0 Å². The van der Waals surface area contributed by atoms with E-state index < -0.39 is 9.84 Å². The van der Waals surface area contributed by atoms with Gasteiger partial charge in [-0.25, -0.2) is 8.42 Å². The summed E-state index contributed by atoms with van der Waals surface area (Å²) < 4.78 is 25.4. The van der Waals surface area contributed by atoms with Crippen LogP contribution in [0.1, 0.15) is 33.1 Å². The Hall–Kier alpha value is -0.740. The lowest BCUT2D eigenvalue weighted by molar-refractivity contribution is 0.301. The molecule has 2 N–H and O–H groups in total. The SMILES string of the molecule is CC1CC(C)CC(S(=O)(=O)c2cc(N)ccc2Cl)C1. The zero-order valence-corrected chi connectivity index (χ0v) is 12.8. The van der Waals surface area contributed by atoms with Crippen LogP contribution in [0.15, 0.2) is 23.1 Å². The summed E-state index contributed by atoms with van der Waals surface area (Å²) in [5.74, 6) is 0.867. The number of benzene rings is 1. The number of anilines is 1. The molecule has 0 spiro atoms. The number of rotatable bonds is 2. The van der Waals surface area contributed by atoms with E-state index in [0.717, 1.165) is 6.42 Å². The van der Waals surface area contributed by atoms with Gasteiger partial charge < -0.3 is 5.73 Å². The van der Waals surface area contributed by atoms with Crippen molar-refractivity contribution >= 4 is 27.1 Å². The molecule has 0 aliphatic heterocycles. The summed E-state index contributed by atoms with van der Waals surface area (Å²) in [5.41, 5.74) is 6.12. The topological polar surface area (TPSA) is 60.2 Å². The minimum atomic E-state index is -3.39. The second kappa shape index (κ2) is 5.33. The van der Waals surface area contributed by atoms with E-state index in [4.69, 9.17) is 17.3 Å². The largest absolute Gasteiger partial charge is 0.399 e. The van der Waals surface area contributed by atoms with Crippen molar-refractivity contribution < 1.29 is 8.42 Å². The first-order valence-electron chi connectivity index (χ1n) is 6.59. The predicted octanol–water partition coefficient (Wildman–Crippen LogP) is 3.52. The Balaban J connectivity index is 2.39. The Morgan fingerprint density at radius 3 is 2.32 bits per heavy atom. The van der Waals surface area contributed by atoms with Crippen molar-refractivity contribution in [1.82, 2.24) is 0 Å². The number of nitrogen functional groups attached to an aromatic ring is 1. The van der Waals surface area contributed by atoms with Crippen LogP contribution in [-0.2, 0) is 9.84 Å². The second-order valence-corrected chi connectivity index (χ2v) is 8.38. The molecule has 2 rings (SSSR count). The zero-order valence-electron chi connectivity index (χ0n) is 11.3. The Morgan fingerprint density at radius 1 is 1.16 bits per heavy atom. The fraction of sp³-hybridized carbons (Fsp3) is 0.571. The minimum Gasteiger partial charge on any atom is -0.399 e. The molecule has 1 aromatic carbocycles. The molecule has 0 amide bonds. The quantitative estimate of drug-likeness (QED) is 0.850. The van der Waals surface area contributed by atoms with Gasteiger partial charge in [0.1, 0.15) is 0 Å². The molecule has 1 fully saturated rings. The van der Waals surface area contributed by atoms with Gasteiger partial charge in [-0.15, -0.1) is 0 Å². The van der Waals surface area contributed by atoms with Gasteiger partial charge in [0.15, 0.2) is 9.84 Å². The summed E-state index contributed by atoms with van der Waals surface area (Å²) in [5, 5.41) is -0.0781. The molecule has 0 aromatic heterocycles. The fourth-order valence-corrected chi connectivity index (χ4v) is 5.65. The van der Waals surface area contributed by atoms with Crippen molar-refractivity contribution in [2.45, 2.75) is 43.3 Å². The third-order valence-corrected chi connectivity index (χ3v) is 6.49. The van der Waals surface area contributed by atoms with Gasteiger partial charge in [0.2, 0.25) is 0 Å². The summed E-state index contributed by atoms with van der Waals surface area (Å²) in [6.07, 6.45) is 2.51. The molecule has 0 bridgehead atoms. The van der Waals surface area contributed by atoms with E-state index in [-0.39, 0.29) is 15.2 Å². The molecule has 0 saturated heterocycles. The van der Waals surface area contributed by atoms with Crippen LogP contribution >= 0.6 is 11.6 Å². The van der Waals surface area contributed by atoms with Crippen molar-refractivity contribution in [3.05, 3.63) is 23.2 Å². The molecule has 2 atom stereocenters. The van der Waals surface area contributed by atoms with Gasteiger partial charge in [-0.05, 0) is 49.3 Å². The first-order chi connectivity index (χ1) is 8.80. The number of halogens is 1. The van der Waals surface area contributed by atoms with Gasteiger partial charge in [0, 0.05) is 5.69 Å². The Labute approximate surface area is 120 Å². The first kappa shape index (κ1) is 14.7. The van der Waals surface area contributed by atoms with E-state index in [1.54, 1.807) is 12.1 Å². The van der Waals surface area contributed by atoms with Crippen LogP contribution in [0.25, 0.3) is 0 Å². The molecule has 106 valence electrons. The van der Waals surface area contributed by atoms with Gasteiger partial charge in [-0.2, -0.15) is 0 Å². The lowest BCUT2D eigenvalue weighted by Gasteiger charge is -2.31. The van der Waals surface area contributed by atoms with Gasteiger partial charge in [-0.3, -0.25) is 0 Å². The highest BCUT2D eigenvalue weighted by Crippen LogP contribution is 2.37. The van der Waals surface area contributed by atoms with Crippen LogP contribution in [-0.4, -0.2) is 13.7 Å². The van der Waals surface area contributed by atoms with Crippen molar-refractivity contribution in [2.24, 2.45) is 11.8 Å². The summed E-state index contributed by atoms with van der Waals surface area (Å²) in [4.78, 5) is 0.181. The summed E-state index contributed by atoms with van der Waals surface area (Å²) in [7, 11) is -3.39. The smallest absolute Gasteiger partial charge is 0.182 e. The van der Waals surface area contributed by atoms with Crippen LogP contribution in [0, 0.1) is 11.8 Å². The number of hydrogen-bond donors (Lipinski definition) is 1. The number of hydrogen-bond acceptors (Lipinski definition) is 3. The lowest BCUT2D eigenvalue weighted by atomic mass is 9.83. The van der Waals surface area contributed by atoms with Crippen LogP contribution < -0.4 is 5.73 Å². The van der Waals surface area contributed by atoms with Crippen LogP contribution in [0.4, 0.5) is 5.69 Å². The maximum atomic E-state index is 12.7. The average molecular weight is 302 g/mol. The highest BCUT2D eigenvalue weighted by molar-refractivity contribution is 7.92. The monoisotopic (exact) mass is 301 g/mol. The molecule has 0 heterocycles. The maximum absolute atomic E-state index is 12.7. The first-order valence-corrected chi connectivity index (χ1v) is 8.52. The van der Waals surface area contributed by atoms with Crippen molar-refractivity contribution in [2.75, 3.05) is 5.73 Å². The highest BCUT2D eigenvalue weighted by atomic mass is 35.5. The van der Waals surface area contributed by atoms with Crippen LogP contribution in [0.2, 0.25) is 5.02 Å². The minimum absolute atomic E-state index is 0.181. The van der Waals surface area contributed by atoms with Gasteiger partial charge in [-0.1, -0.05) is 25.4 Å². The van der Waals surface area contributed by atoms with Gasteiger partial charge >= 0.3 is 0 Å². The van der Waals surface area contributed by atoms with Crippen molar-refractivity contribution in [3.63, 3.8) is 0 Å². The number of nitrogens with two attached hydrogens (primary N) is 1. The standard InChI is InChI=1S/C14H20ClNO2S/c1-9-5-10(2)7-12(6-9)19(17,18)14-8-11(16)3-4-13(14)15/h3-4,8-10,12H,5-7,16H2,1-2H3. The lowest BCUT2D eigenvalue weighted by Crippen LogP contribution is -2.31. The van der Waals surface area contributed by atoms with E-state index in [0.29, 0.717) is 30.4 Å². The summed E-state index contributed by atoms with van der Waals surface area (Å²) in [6, 6.07) is 4.65. The van der Waals surface area contributed by atoms with E-state index >= 15 is 0 Å². The van der Waals surface area contributed by atoms with Crippen molar-refractivity contribution in [3.8, 4) is 0 Å². The predicted molar refractivity (Wildman–Crippen MR) is 79.0 cm³/mol. The Morgan fingerprint density at radius 2 is 1.74 bits per heavy atom. The average Bonchev–Trinajstić information content (AvgIpc) is 2.31. The summed E-state index contributed by atoms with van der Waals surface area (Å²) >= 11 is 6.04. The van der Waals surface area contributed by atoms with Gasteiger partial charge in [0.25, 0.3) is 0 Å². The molecule has 3 nitrogen and oxygen atoms in total. The normalized spacial score (nSPS) is 28.3. The highest BCUT2D eigenvalue weighted by Gasteiger charge is 2.35. The van der Waals surface area contributed by atoms with E-state index in [1.807, 2.05) is 0 Å². The molecule has 5 heteroatoms. The molecule has 1 aliphatic rings. The molecule has 1 aliphatic carbocycles. The van der Waals surface area contributed by atoms with E-state index in [9.17, 15) is 8.42 Å². The molecule has 1 aromatic rings. The van der Waals surface area contributed by atoms with E-state index in [1.165, 1.54) is 6.07 Å². The molecule has 2 unspecified atom stereocenters. The molecule has 0 radical (unpaired) electrons. The molecule has 1 saturated carbocycles.